The van der Waals surface area contributed by atoms with Crippen LogP contribution in [-0.2, 0) is 0 Å². The highest BCUT2D eigenvalue weighted by Crippen LogP contribution is 2.37. The minimum Gasteiger partial charge on any atom is -0.486 e. The van der Waals surface area contributed by atoms with Crippen LogP contribution in [0.3, 0.4) is 0 Å². The van der Waals surface area contributed by atoms with Crippen LogP contribution >= 0.6 is 0 Å². The number of carboxylic acid groups (broad SMARTS) is 1. The van der Waals surface area contributed by atoms with E-state index in [0.29, 0.717) is 36.1 Å². The molecule has 0 radical (unpaired) electrons. The quantitative estimate of drug-likeness (QED) is 0.763. The first-order valence-electron chi connectivity index (χ1n) is 7.78. The number of carbonyl (C=O) groups is 1. The predicted octanol–water partition coefficient (Wildman–Crippen LogP) is 2.92. The van der Waals surface area contributed by atoms with Gasteiger partial charge in [-0.3, -0.25) is 4.98 Å². The molecule has 7 heteroatoms. The summed E-state index contributed by atoms with van der Waals surface area (Å²) in [5.74, 6) is 0.0657. The summed E-state index contributed by atoms with van der Waals surface area (Å²) in [5, 5.41) is 9.31. The highest BCUT2D eigenvalue weighted by atomic mass is 16.6. The average molecular weight is 337 g/mol. The number of aromatic nitrogens is 3. The molecule has 1 aromatic carbocycles. The van der Waals surface area contributed by atoms with E-state index in [0.717, 1.165) is 16.8 Å². The van der Waals surface area contributed by atoms with Crippen LogP contribution in [0.4, 0.5) is 0 Å². The molecule has 0 saturated carbocycles. The number of pyridine rings is 1. The van der Waals surface area contributed by atoms with Gasteiger partial charge in [-0.15, -0.1) is 0 Å². The van der Waals surface area contributed by atoms with Crippen LogP contribution in [0.5, 0.6) is 11.5 Å². The van der Waals surface area contributed by atoms with E-state index in [4.69, 9.17) is 9.47 Å². The van der Waals surface area contributed by atoms with Crippen molar-refractivity contribution in [2.24, 2.45) is 0 Å². The number of imidazole rings is 1. The van der Waals surface area contributed by atoms with E-state index in [1.165, 1.54) is 0 Å². The molecule has 1 aliphatic heterocycles. The summed E-state index contributed by atoms with van der Waals surface area (Å²) < 4.78 is 11.1. The number of aryl methyl sites for hydroxylation is 1. The maximum Gasteiger partial charge on any atom is 0.371 e. The zero-order valence-corrected chi connectivity index (χ0v) is 13.4. The number of aromatic amines is 1. The number of aromatic carboxylic acids is 1. The highest BCUT2D eigenvalue weighted by Gasteiger charge is 2.20. The number of ether oxygens (including phenoxy) is 2. The van der Waals surface area contributed by atoms with Gasteiger partial charge in [-0.05, 0) is 37.3 Å². The molecule has 4 rings (SSSR count). The molecule has 0 aliphatic carbocycles. The van der Waals surface area contributed by atoms with Crippen LogP contribution in [-0.4, -0.2) is 39.2 Å². The van der Waals surface area contributed by atoms with E-state index in [2.05, 4.69) is 15.0 Å². The smallest absolute Gasteiger partial charge is 0.371 e. The van der Waals surface area contributed by atoms with Gasteiger partial charge in [0, 0.05) is 23.0 Å². The fourth-order valence-electron chi connectivity index (χ4n) is 2.78. The molecule has 0 atom stereocenters. The van der Waals surface area contributed by atoms with Crippen molar-refractivity contribution < 1.29 is 19.4 Å². The van der Waals surface area contributed by atoms with Crippen LogP contribution in [0.2, 0.25) is 0 Å². The van der Waals surface area contributed by atoms with Crippen molar-refractivity contribution in [1.82, 2.24) is 15.0 Å². The number of fused-ring (bicyclic) bond motifs is 1. The molecule has 7 nitrogen and oxygen atoms in total. The molecule has 0 amide bonds. The summed E-state index contributed by atoms with van der Waals surface area (Å²) >= 11 is 0. The molecule has 2 aromatic heterocycles. The van der Waals surface area contributed by atoms with Crippen LogP contribution in [0.1, 0.15) is 16.3 Å². The van der Waals surface area contributed by atoms with Crippen LogP contribution in [0.25, 0.3) is 22.5 Å². The number of nitrogens with one attached hydrogen (secondary N) is 1. The monoisotopic (exact) mass is 337 g/mol. The molecular weight excluding hydrogens is 322 g/mol. The van der Waals surface area contributed by atoms with Gasteiger partial charge < -0.3 is 19.6 Å². The van der Waals surface area contributed by atoms with E-state index in [1.807, 2.05) is 31.2 Å². The number of carboxylic acids is 1. The molecule has 3 aromatic rings. The van der Waals surface area contributed by atoms with Gasteiger partial charge in [-0.1, -0.05) is 0 Å². The van der Waals surface area contributed by atoms with Crippen molar-refractivity contribution in [3.05, 3.63) is 48.0 Å². The van der Waals surface area contributed by atoms with E-state index in [1.54, 1.807) is 12.3 Å². The first-order valence-corrected chi connectivity index (χ1v) is 7.78. The lowest BCUT2D eigenvalue weighted by molar-refractivity contribution is 0.0685. The second kappa shape index (κ2) is 5.94. The van der Waals surface area contributed by atoms with Gasteiger partial charge >= 0.3 is 5.97 Å². The molecule has 0 unspecified atom stereocenters. The average Bonchev–Trinajstić information content (AvgIpc) is 3.07. The topological polar surface area (TPSA) is 97.3 Å². The number of rotatable bonds is 3. The molecular formula is C18H15N3O4. The second-order valence-corrected chi connectivity index (χ2v) is 5.66. The Morgan fingerprint density at radius 2 is 1.92 bits per heavy atom. The van der Waals surface area contributed by atoms with E-state index >= 15 is 0 Å². The first kappa shape index (κ1) is 15.2. The summed E-state index contributed by atoms with van der Waals surface area (Å²) in [4.78, 5) is 22.7. The third-order valence-corrected chi connectivity index (χ3v) is 3.91. The zero-order valence-electron chi connectivity index (χ0n) is 13.4. The Kier molecular flexibility index (Phi) is 3.61. The molecule has 0 fully saturated rings. The molecule has 0 bridgehead atoms. The maximum atomic E-state index is 11.4. The summed E-state index contributed by atoms with van der Waals surface area (Å²) in [7, 11) is 0. The molecule has 0 saturated heterocycles. The minimum atomic E-state index is -1.11. The summed E-state index contributed by atoms with van der Waals surface area (Å²) in [6.07, 6.45) is 1.68. The molecule has 126 valence electrons. The maximum absolute atomic E-state index is 11.4. The van der Waals surface area contributed by atoms with Crippen molar-refractivity contribution in [2.75, 3.05) is 13.2 Å². The number of hydrogen-bond acceptors (Lipinski definition) is 5. The van der Waals surface area contributed by atoms with Gasteiger partial charge in [0.15, 0.2) is 11.5 Å². The number of H-pyrrole nitrogens is 1. The van der Waals surface area contributed by atoms with E-state index < -0.39 is 5.97 Å². The summed E-state index contributed by atoms with van der Waals surface area (Å²) in [5.41, 5.74) is 3.56. The minimum absolute atomic E-state index is 0.116. The van der Waals surface area contributed by atoms with Crippen molar-refractivity contribution in [2.45, 2.75) is 6.92 Å². The first-order chi connectivity index (χ1) is 12.1. The Morgan fingerprint density at radius 1 is 1.12 bits per heavy atom. The number of nitrogens with zero attached hydrogens (tertiary/aromatic N) is 2. The van der Waals surface area contributed by atoms with Crippen LogP contribution in [0, 0.1) is 6.92 Å². The molecule has 1 aliphatic rings. The van der Waals surface area contributed by atoms with Gasteiger partial charge in [0.25, 0.3) is 0 Å². The van der Waals surface area contributed by atoms with Gasteiger partial charge in [-0.25, -0.2) is 9.78 Å². The van der Waals surface area contributed by atoms with Crippen molar-refractivity contribution in [3.63, 3.8) is 0 Å². The summed E-state index contributed by atoms with van der Waals surface area (Å²) in [6, 6.07) is 9.15. The van der Waals surface area contributed by atoms with E-state index in [-0.39, 0.29) is 5.82 Å². The van der Waals surface area contributed by atoms with Gasteiger partial charge in [0.1, 0.15) is 13.2 Å². The van der Waals surface area contributed by atoms with Crippen molar-refractivity contribution in [1.29, 1.82) is 0 Å². The Hall–Kier alpha value is -3.35. The van der Waals surface area contributed by atoms with E-state index in [9.17, 15) is 9.90 Å². The fraction of sp³-hybridized carbons (Fsp3) is 0.167. The lowest BCUT2D eigenvalue weighted by atomic mass is 10.0. The predicted molar refractivity (Wildman–Crippen MR) is 89.9 cm³/mol. The zero-order chi connectivity index (χ0) is 17.4. The van der Waals surface area contributed by atoms with Crippen LogP contribution in [0.15, 0.2) is 36.5 Å². The summed E-state index contributed by atoms with van der Waals surface area (Å²) in [6.45, 7) is 2.87. The molecule has 3 heterocycles. The lowest BCUT2D eigenvalue weighted by Crippen LogP contribution is -2.15. The van der Waals surface area contributed by atoms with Crippen molar-refractivity contribution in [3.8, 4) is 34.0 Å². The Labute approximate surface area is 143 Å². The highest BCUT2D eigenvalue weighted by molar-refractivity contribution is 5.88. The fourth-order valence-corrected chi connectivity index (χ4v) is 2.78. The van der Waals surface area contributed by atoms with Gasteiger partial charge in [0.2, 0.25) is 5.82 Å². The second-order valence-electron chi connectivity index (χ2n) is 5.66. The Balaban J connectivity index is 1.87. The number of benzene rings is 1. The third kappa shape index (κ3) is 2.80. The van der Waals surface area contributed by atoms with Crippen LogP contribution < -0.4 is 9.47 Å². The number of hydrogen-bond donors (Lipinski definition) is 2. The SMILES string of the molecule is Cc1cc(-c2[nH]c(C(=O)O)nc2-c2ccc3c(c2)OCCO3)ccn1. The third-order valence-electron chi connectivity index (χ3n) is 3.91. The molecule has 0 spiro atoms. The molecule has 25 heavy (non-hydrogen) atoms. The van der Waals surface area contributed by atoms with Gasteiger partial charge in [-0.2, -0.15) is 0 Å². The standard InChI is InChI=1S/C18H15N3O4/c1-10-8-12(4-5-19-10)16-15(20-17(21-16)18(22)23)11-2-3-13-14(9-11)25-7-6-24-13/h2-5,8-9H,6-7H2,1H3,(H,20,21)(H,22,23). The largest absolute Gasteiger partial charge is 0.486 e. The lowest BCUT2D eigenvalue weighted by Gasteiger charge is -2.18. The van der Waals surface area contributed by atoms with Crippen molar-refractivity contribution >= 4 is 5.97 Å². The normalized spacial score (nSPS) is 12.8. The Morgan fingerprint density at radius 3 is 2.68 bits per heavy atom. The molecule has 2 N–H and O–H groups in total. The Bertz CT molecular complexity index is 965. The van der Waals surface area contributed by atoms with Gasteiger partial charge in [0.05, 0.1) is 11.4 Å².